The van der Waals surface area contributed by atoms with Crippen molar-refractivity contribution >= 4 is 23.2 Å². The van der Waals surface area contributed by atoms with Gasteiger partial charge < -0.3 is 10.6 Å². The Morgan fingerprint density at radius 2 is 1.63 bits per heavy atom. The summed E-state index contributed by atoms with van der Waals surface area (Å²) in [7, 11) is 0. The fourth-order valence-corrected chi connectivity index (χ4v) is 2.96. The van der Waals surface area contributed by atoms with Crippen molar-refractivity contribution < 1.29 is 9.59 Å². The van der Waals surface area contributed by atoms with E-state index in [2.05, 4.69) is 36.4 Å². The van der Waals surface area contributed by atoms with Crippen molar-refractivity contribution in [2.45, 2.75) is 26.2 Å². The number of carbonyl (C=O) groups excluding carboxylic acids is 2. The molecule has 0 aliphatic carbocycles. The molecule has 0 saturated heterocycles. The first kappa shape index (κ1) is 20.7. The predicted octanol–water partition coefficient (Wildman–Crippen LogP) is 4.76. The molecule has 0 saturated carbocycles. The Labute approximate surface area is 175 Å². The van der Waals surface area contributed by atoms with Gasteiger partial charge in [-0.1, -0.05) is 39.0 Å². The molecule has 0 radical (unpaired) electrons. The smallest absolute Gasteiger partial charge is 0.274 e. The Balaban J connectivity index is 1.77. The van der Waals surface area contributed by atoms with Crippen LogP contribution in [0.25, 0.3) is 0 Å². The van der Waals surface area contributed by atoms with Crippen molar-refractivity contribution in [1.82, 2.24) is 4.98 Å². The van der Waals surface area contributed by atoms with Crippen LogP contribution in [-0.2, 0) is 5.41 Å². The van der Waals surface area contributed by atoms with Gasteiger partial charge in [-0.25, -0.2) is 0 Å². The van der Waals surface area contributed by atoms with Crippen LogP contribution >= 0.6 is 0 Å². The zero-order chi connectivity index (χ0) is 21.7. The van der Waals surface area contributed by atoms with E-state index in [0.717, 1.165) is 5.56 Å². The quantitative estimate of drug-likeness (QED) is 0.663. The van der Waals surface area contributed by atoms with Crippen molar-refractivity contribution in [2.24, 2.45) is 0 Å². The summed E-state index contributed by atoms with van der Waals surface area (Å²) in [5.74, 6) is -0.758. The normalized spacial score (nSPS) is 10.7. The Hall–Kier alpha value is -3.98. The lowest BCUT2D eigenvalue weighted by molar-refractivity contribution is 0.102. The first-order chi connectivity index (χ1) is 14.3. The molecule has 0 aliphatic heterocycles. The lowest BCUT2D eigenvalue weighted by atomic mass is 9.86. The SMILES string of the molecule is CC(C)(C)c1ccccc1NC(=O)c1cc(C(=O)Nc2ccc(C#N)cc2)ccn1. The molecule has 0 spiro atoms. The first-order valence-corrected chi connectivity index (χ1v) is 9.46. The molecule has 2 amide bonds. The minimum atomic E-state index is -0.389. The van der Waals surface area contributed by atoms with Crippen molar-refractivity contribution in [3.05, 3.63) is 89.2 Å². The monoisotopic (exact) mass is 398 g/mol. The van der Waals surface area contributed by atoms with Gasteiger partial charge in [-0.05, 0) is 53.4 Å². The molecule has 6 nitrogen and oxygen atoms in total. The molecule has 0 fully saturated rings. The summed E-state index contributed by atoms with van der Waals surface area (Å²) >= 11 is 0. The summed E-state index contributed by atoms with van der Waals surface area (Å²) in [4.78, 5) is 29.4. The van der Waals surface area contributed by atoms with Crippen molar-refractivity contribution in [3.63, 3.8) is 0 Å². The van der Waals surface area contributed by atoms with Crippen molar-refractivity contribution in [3.8, 4) is 6.07 Å². The van der Waals surface area contributed by atoms with Gasteiger partial charge in [0.25, 0.3) is 11.8 Å². The third-order valence-electron chi connectivity index (χ3n) is 4.51. The largest absolute Gasteiger partial charge is 0.322 e. The summed E-state index contributed by atoms with van der Waals surface area (Å²) in [6.07, 6.45) is 1.43. The first-order valence-electron chi connectivity index (χ1n) is 9.46. The molecule has 2 aromatic carbocycles. The van der Waals surface area contributed by atoms with Crippen LogP contribution in [0.2, 0.25) is 0 Å². The van der Waals surface area contributed by atoms with Gasteiger partial charge in [-0.2, -0.15) is 5.26 Å². The minimum absolute atomic E-state index is 0.139. The maximum atomic E-state index is 12.8. The Kier molecular flexibility index (Phi) is 5.93. The number of aromatic nitrogens is 1. The van der Waals surface area contributed by atoms with Crippen LogP contribution in [0.15, 0.2) is 66.9 Å². The van der Waals surface area contributed by atoms with E-state index in [9.17, 15) is 9.59 Å². The minimum Gasteiger partial charge on any atom is -0.322 e. The number of rotatable bonds is 4. The number of carbonyl (C=O) groups is 2. The fourth-order valence-electron chi connectivity index (χ4n) is 2.96. The number of hydrogen-bond acceptors (Lipinski definition) is 4. The summed E-state index contributed by atoms with van der Waals surface area (Å²) in [6.45, 7) is 6.22. The molecule has 6 heteroatoms. The summed E-state index contributed by atoms with van der Waals surface area (Å²) in [5.41, 5.74) is 3.10. The third kappa shape index (κ3) is 4.89. The van der Waals surface area contributed by atoms with Gasteiger partial charge in [0.15, 0.2) is 0 Å². The highest BCUT2D eigenvalue weighted by atomic mass is 16.2. The standard InChI is InChI=1S/C24H22N4O2/c1-24(2,3)19-6-4-5-7-20(19)28-23(30)21-14-17(12-13-26-21)22(29)27-18-10-8-16(15-25)9-11-18/h4-14H,1-3H3,(H,27,29)(H,28,30). The topological polar surface area (TPSA) is 94.9 Å². The molecular formula is C24H22N4O2. The highest BCUT2D eigenvalue weighted by molar-refractivity contribution is 6.08. The number of para-hydroxylation sites is 1. The summed E-state index contributed by atoms with van der Waals surface area (Å²) in [6, 6.07) is 19.2. The number of anilines is 2. The predicted molar refractivity (Wildman–Crippen MR) is 116 cm³/mol. The molecule has 0 aliphatic rings. The number of hydrogen-bond donors (Lipinski definition) is 2. The number of amides is 2. The lowest BCUT2D eigenvalue weighted by Gasteiger charge is -2.22. The van der Waals surface area contributed by atoms with Gasteiger partial charge in [-0.15, -0.1) is 0 Å². The van der Waals surface area contributed by atoms with Gasteiger partial charge in [0.2, 0.25) is 0 Å². The number of nitrogens with one attached hydrogen (secondary N) is 2. The molecule has 0 atom stereocenters. The van der Waals surface area contributed by atoms with Gasteiger partial charge in [0, 0.05) is 23.1 Å². The second-order valence-electron chi connectivity index (χ2n) is 7.82. The van der Waals surface area contributed by atoms with E-state index in [0.29, 0.717) is 22.5 Å². The molecule has 3 aromatic rings. The molecule has 3 rings (SSSR count). The summed E-state index contributed by atoms with van der Waals surface area (Å²) < 4.78 is 0. The Morgan fingerprint density at radius 3 is 2.30 bits per heavy atom. The number of nitrogens with zero attached hydrogens (tertiary/aromatic N) is 2. The third-order valence-corrected chi connectivity index (χ3v) is 4.51. The van der Waals surface area contributed by atoms with Crippen LogP contribution in [0.5, 0.6) is 0 Å². The average molecular weight is 398 g/mol. The second kappa shape index (κ2) is 8.58. The van der Waals surface area contributed by atoms with E-state index in [4.69, 9.17) is 5.26 Å². The molecule has 0 bridgehead atoms. The number of benzene rings is 2. The molecule has 150 valence electrons. The summed E-state index contributed by atoms with van der Waals surface area (Å²) in [5, 5.41) is 14.5. The number of pyridine rings is 1. The average Bonchev–Trinajstić information content (AvgIpc) is 2.74. The van der Waals surface area contributed by atoms with Crippen LogP contribution in [0.4, 0.5) is 11.4 Å². The van der Waals surface area contributed by atoms with E-state index in [-0.39, 0.29) is 22.9 Å². The maximum Gasteiger partial charge on any atom is 0.274 e. The van der Waals surface area contributed by atoms with E-state index in [1.165, 1.54) is 12.3 Å². The van der Waals surface area contributed by atoms with Crippen molar-refractivity contribution in [2.75, 3.05) is 10.6 Å². The van der Waals surface area contributed by atoms with Crippen LogP contribution in [-0.4, -0.2) is 16.8 Å². The van der Waals surface area contributed by atoms with Crippen LogP contribution in [0.1, 0.15) is 52.7 Å². The van der Waals surface area contributed by atoms with Crippen LogP contribution in [0, 0.1) is 11.3 Å². The van der Waals surface area contributed by atoms with Gasteiger partial charge >= 0.3 is 0 Å². The Morgan fingerprint density at radius 1 is 0.933 bits per heavy atom. The van der Waals surface area contributed by atoms with E-state index >= 15 is 0 Å². The molecular weight excluding hydrogens is 376 g/mol. The van der Waals surface area contributed by atoms with E-state index in [1.807, 2.05) is 30.3 Å². The molecule has 1 aromatic heterocycles. The van der Waals surface area contributed by atoms with E-state index < -0.39 is 0 Å². The highest BCUT2D eigenvalue weighted by Gasteiger charge is 2.20. The number of nitriles is 1. The second-order valence-corrected chi connectivity index (χ2v) is 7.82. The lowest BCUT2D eigenvalue weighted by Crippen LogP contribution is -2.20. The van der Waals surface area contributed by atoms with Gasteiger partial charge in [0.1, 0.15) is 5.69 Å². The fraction of sp³-hybridized carbons (Fsp3) is 0.167. The van der Waals surface area contributed by atoms with Crippen molar-refractivity contribution in [1.29, 1.82) is 5.26 Å². The van der Waals surface area contributed by atoms with Gasteiger partial charge in [0.05, 0.1) is 11.6 Å². The van der Waals surface area contributed by atoms with Crippen LogP contribution in [0.3, 0.4) is 0 Å². The molecule has 0 unspecified atom stereocenters. The van der Waals surface area contributed by atoms with Gasteiger partial charge in [-0.3, -0.25) is 14.6 Å². The van der Waals surface area contributed by atoms with Crippen LogP contribution < -0.4 is 10.6 Å². The molecule has 1 heterocycles. The maximum absolute atomic E-state index is 12.8. The molecule has 30 heavy (non-hydrogen) atoms. The highest BCUT2D eigenvalue weighted by Crippen LogP contribution is 2.29. The molecule has 2 N–H and O–H groups in total. The Bertz CT molecular complexity index is 1120. The zero-order valence-electron chi connectivity index (χ0n) is 17.1. The van der Waals surface area contributed by atoms with E-state index in [1.54, 1.807) is 30.3 Å². The zero-order valence-corrected chi connectivity index (χ0v) is 17.1.